The van der Waals surface area contributed by atoms with E-state index in [1.165, 1.54) is 40.6 Å². The summed E-state index contributed by atoms with van der Waals surface area (Å²) in [5.74, 6) is -0.0813. The van der Waals surface area contributed by atoms with Crippen LogP contribution in [0.5, 0.6) is 0 Å². The van der Waals surface area contributed by atoms with E-state index >= 15 is 0 Å². The Morgan fingerprint density at radius 1 is 1.14 bits per heavy atom. The van der Waals surface area contributed by atoms with Gasteiger partial charge in [-0.05, 0) is 52.0 Å². The molecule has 0 radical (unpaired) electrons. The molecule has 2 aromatic heterocycles. The molecule has 1 unspecified atom stereocenters. The van der Waals surface area contributed by atoms with E-state index in [2.05, 4.69) is 20.9 Å². The minimum Gasteiger partial charge on any atom is -0.444 e. The Bertz CT molecular complexity index is 1310. The highest BCUT2D eigenvalue weighted by Gasteiger charge is 2.26. The van der Waals surface area contributed by atoms with Crippen molar-refractivity contribution in [3.8, 4) is 0 Å². The van der Waals surface area contributed by atoms with Crippen LogP contribution >= 0.6 is 0 Å². The van der Waals surface area contributed by atoms with E-state index in [1.807, 2.05) is 25.7 Å². The zero-order valence-corrected chi connectivity index (χ0v) is 25.3. The third-order valence-corrected chi connectivity index (χ3v) is 7.54. The first kappa shape index (κ1) is 32.1. The highest BCUT2D eigenvalue weighted by atomic mass is 19.1. The number of hydrogen-bond acceptors (Lipinski definition) is 8. The van der Waals surface area contributed by atoms with Crippen molar-refractivity contribution in [2.24, 2.45) is 5.92 Å². The number of carbonyl (C=O) groups is 3. The zero-order chi connectivity index (χ0) is 31.0. The number of nitrogens with one attached hydrogen (secondary N) is 2. The average Bonchev–Trinajstić information content (AvgIpc) is 3.63. The van der Waals surface area contributed by atoms with Gasteiger partial charge in [0.15, 0.2) is 5.69 Å². The molecular weight excluding hydrogens is 559 g/mol. The van der Waals surface area contributed by atoms with Gasteiger partial charge in [0.05, 0.1) is 19.3 Å². The Hall–Kier alpha value is -3.81. The number of aryl methyl sites for hydroxylation is 1. The second-order valence-corrected chi connectivity index (χ2v) is 12.3. The lowest BCUT2D eigenvalue weighted by Gasteiger charge is -2.35. The van der Waals surface area contributed by atoms with Gasteiger partial charge in [0.2, 0.25) is 5.91 Å². The van der Waals surface area contributed by atoms with Crippen LogP contribution in [-0.2, 0) is 22.6 Å². The number of hydrogen-bond donors (Lipinski definition) is 2. The Balaban J connectivity index is 1.16. The summed E-state index contributed by atoms with van der Waals surface area (Å²) in [6, 6.07) is 2.90. The van der Waals surface area contributed by atoms with Crippen LogP contribution in [0.3, 0.4) is 0 Å². The van der Waals surface area contributed by atoms with Gasteiger partial charge >= 0.3 is 6.09 Å². The second kappa shape index (κ2) is 14.6. The normalized spacial score (nSPS) is 17.1. The molecule has 1 saturated heterocycles. The SMILES string of the molecule is CC(C)(C)OC(=O)N1CCN(CC(=O)Nc2ccn(CCC(F)Cn3cc(C(=O)NCC4CCCC4)nn3)c(=O)c2)CC1. The van der Waals surface area contributed by atoms with Crippen molar-refractivity contribution >= 4 is 23.6 Å². The third-order valence-electron chi connectivity index (χ3n) is 7.54. The van der Waals surface area contributed by atoms with Crippen molar-refractivity contribution < 1.29 is 23.5 Å². The number of carbonyl (C=O) groups excluding carboxylic acids is 3. The first-order valence-electron chi connectivity index (χ1n) is 15.0. The monoisotopic (exact) mass is 602 g/mol. The Kier molecular flexibility index (Phi) is 10.9. The maximum atomic E-state index is 14.7. The molecule has 2 aliphatic rings. The van der Waals surface area contributed by atoms with Crippen molar-refractivity contribution in [1.29, 1.82) is 0 Å². The number of alkyl halides is 1. The molecule has 2 aromatic rings. The summed E-state index contributed by atoms with van der Waals surface area (Å²) in [6.07, 6.45) is 5.97. The van der Waals surface area contributed by atoms with Gasteiger partial charge in [-0.2, -0.15) is 0 Å². The standard InChI is InChI=1S/C29H43FN8O5/c1-29(2,3)43-28(42)37-14-12-35(13-15-37)20-25(39)32-23-9-11-36(26(40)16-23)10-8-22(30)18-38-19-24(33-34-38)27(41)31-17-21-6-4-5-7-21/h9,11,16,19,21-22H,4-8,10,12-15,17-18,20H2,1-3H3,(H,31,41)(H,32,39). The molecule has 13 nitrogen and oxygen atoms in total. The summed E-state index contributed by atoms with van der Waals surface area (Å²) in [7, 11) is 0. The molecule has 3 heterocycles. The van der Waals surface area contributed by atoms with Crippen molar-refractivity contribution in [2.45, 2.75) is 77.7 Å². The molecule has 2 fully saturated rings. The van der Waals surface area contributed by atoms with Crippen LogP contribution in [0.15, 0.2) is 29.3 Å². The van der Waals surface area contributed by atoms with Crippen LogP contribution in [0.4, 0.5) is 14.9 Å². The summed E-state index contributed by atoms with van der Waals surface area (Å²) in [5, 5.41) is 13.3. The van der Waals surface area contributed by atoms with Gasteiger partial charge in [-0.25, -0.2) is 13.9 Å². The van der Waals surface area contributed by atoms with E-state index in [1.54, 1.807) is 11.0 Å². The van der Waals surface area contributed by atoms with E-state index in [9.17, 15) is 23.6 Å². The minimum atomic E-state index is -1.31. The number of anilines is 1. The average molecular weight is 603 g/mol. The maximum Gasteiger partial charge on any atom is 0.410 e. The summed E-state index contributed by atoms with van der Waals surface area (Å²) >= 11 is 0. The highest BCUT2D eigenvalue weighted by Crippen LogP contribution is 2.23. The van der Waals surface area contributed by atoms with Crippen molar-refractivity contribution in [2.75, 3.05) is 44.6 Å². The number of ether oxygens (including phenoxy) is 1. The van der Waals surface area contributed by atoms with Crippen LogP contribution in [-0.4, -0.2) is 98.3 Å². The third kappa shape index (κ3) is 10.2. The van der Waals surface area contributed by atoms with Crippen LogP contribution in [0.25, 0.3) is 0 Å². The fraction of sp³-hybridized carbons (Fsp3) is 0.655. The maximum absolute atomic E-state index is 14.7. The highest BCUT2D eigenvalue weighted by molar-refractivity contribution is 5.92. The molecule has 1 saturated carbocycles. The lowest BCUT2D eigenvalue weighted by atomic mass is 10.1. The molecule has 43 heavy (non-hydrogen) atoms. The lowest BCUT2D eigenvalue weighted by Crippen LogP contribution is -2.51. The molecule has 0 aromatic carbocycles. The van der Waals surface area contributed by atoms with Crippen molar-refractivity contribution in [1.82, 2.24) is 34.7 Å². The van der Waals surface area contributed by atoms with E-state index in [0.29, 0.717) is 44.3 Å². The van der Waals surface area contributed by atoms with E-state index in [0.717, 1.165) is 12.8 Å². The number of halogens is 1. The molecule has 3 amide bonds. The van der Waals surface area contributed by atoms with Gasteiger partial charge in [-0.15, -0.1) is 5.10 Å². The Morgan fingerprint density at radius 2 is 1.86 bits per heavy atom. The van der Waals surface area contributed by atoms with E-state index in [-0.39, 0.29) is 55.2 Å². The Morgan fingerprint density at radius 3 is 2.53 bits per heavy atom. The van der Waals surface area contributed by atoms with Crippen LogP contribution in [0, 0.1) is 5.92 Å². The first-order chi connectivity index (χ1) is 20.4. The summed E-state index contributed by atoms with van der Waals surface area (Å²) in [4.78, 5) is 53.2. The largest absolute Gasteiger partial charge is 0.444 e. The first-order valence-corrected chi connectivity index (χ1v) is 15.0. The van der Waals surface area contributed by atoms with Crippen LogP contribution in [0.1, 0.15) is 63.4 Å². The molecule has 2 N–H and O–H groups in total. The molecule has 1 aliphatic carbocycles. The number of nitrogens with zero attached hydrogens (tertiary/aromatic N) is 6. The summed E-state index contributed by atoms with van der Waals surface area (Å²) in [6.45, 7) is 8.23. The number of rotatable bonds is 11. The molecule has 1 aliphatic heterocycles. The van der Waals surface area contributed by atoms with Crippen molar-refractivity contribution in [3.63, 3.8) is 0 Å². The predicted octanol–water partition coefficient (Wildman–Crippen LogP) is 2.28. The number of piperazine rings is 1. The molecule has 1 atom stereocenters. The van der Waals surface area contributed by atoms with Gasteiger partial charge in [0.1, 0.15) is 11.8 Å². The topological polar surface area (TPSA) is 144 Å². The predicted molar refractivity (Wildman–Crippen MR) is 157 cm³/mol. The number of pyridine rings is 1. The Labute approximate surface area is 250 Å². The summed E-state index contributed by atoms with van der Waals surface area (Å²) < 4.78 is 22.8. The number of amides is 3. The number of aromatic nitrogens is 4. The fourth-order valence-electron chi connectivity index (χ4n) is 5.20. The zero-order valence-electron chi connectivity index (χ0n) is 25.3. The second-order valence-electron chi connectivity index (χ2n) is 12.3. The van der Waals surface area contributed by atoms with Gasteiger partial charge in [-0.1, -0.05) is 18.1 Å². The van der Waals surface area contributed by atoms with Gasteiger partial charge in [0.25, 0.3) is 11.5 Å². The van der Waals surface area contributed by atoms with E-state index < -0.39 is 11.8 Å². The van der Waals surface area contributed by atoms with Gasteiger partial charge < -0.3 is 24.8 Å². The van der Waals surface area contributed by atoms with Gasteiger partial charge in [-0.3, -0.25) is 19.3 Å². The van der Waals surface area contributed by atoms with Gasteiger partial charge in [0, 0.05) is 57.2 Å². The van der Waals surface area contributed by atoms with Crippen molar-refractivity contribution in [3.05, 3.63) is 40.6 Å². The summed E-state index contributed by atoms with van der Waals surface area (Å²) in [5.41, 5.74) is -0.413. The lowest BCUT2D eigenvalue weighted by molar-refractivity contribution is -0.117. The molecule has 0 bridgehead atoms. The molecule has 4 rings (SSSR count). The minimum absolute atomic E-state index is 0.0595. The smallest absolute Gasteiger partial charge is 0.410 e. The fourth-order valence-corrected chi connectivity index (χ4v) is 5.20. The molecule has 236 valence electrons. The van der Waals surface area contributed by atoms with E-state index in [4.69, 9.17) is 4.74 Å². The van der Waals surface area contributed by atoms with Crippen LogP contribution < -0.4 is 16.2 Å². The van der Waals surface area contributed by atoms with Crippen LogP contribution in [0.2, 0.25) is 0 Å². The molecule has 14 heteroatoms. The molecular formula is C29H43FN8O5. The quantitative estimate of drug-likeness (QED) is 0.399. The molecule has 0 spiro atoms.